The summed E-state index contributed by atoms with van der Waals surface area (Å²) in [6, 6.07) is 9.92. The Kier molecular flexibility index (Phi) is 6.12. The SMILES string of the molecule is CCOC(=O)N1CCN(C(=O)[C@H](C)Sc2ccccc2)CC1. The quantitative estimate of drug-likeness (QED) is 0.799. The number of carbonyl (C=O) groups excluding carboxylic acids is 2. The van der Waals surface area contributed by atoms with Crippen molar-refractivity contribution in [3.05, 3.63) is 30.3 Å². The maximum atomic E-state index is 12.5. The number of hydrogen-bond donors (Lipinski definition) is 0. The average Bonchev–Trinajstić information content (AvgIpc) is 2.55. The number of carbonyl (C=O) groups is 2. The van der Waals surface area contributed by atoms with Crippen LogP contribution in [0.25, 0.3) is 0 Å². The van der Waals surface area contributed by atoms with Gasteiger partial charge in [0, 0.05) is 31.1 Å². The minimum absolute atomic E-state index is 0.123. The zero-order valence-electron chi connectivity index (χ0n) is 13.0. The Hall–Kier alpha value is -1.69. The van der Waals surface area contributed by atoms with Crippen molar-refractivity contribution in [3.8, 4) is 0 Å². The van der Waals surface area contributed by atoms with Crippen molar-refractivity contribution in [3.63, 3.8) is 0 Å². The third-order valence-electron chi connectivity index (χ3n) is 3.52. The molecule has 0 N–H and O–H groups in total. The molecule has 1 fully saturated rings. The van der Waals surface area contributed by atoms with Crippen molar-refractivity contribution in [2.45, 2.75) is 24.0 Å². The lowest BCUT2D eigenvalue weighted by atomic mass is 10.3. The second-order valence-corrected chi connectivity index (χ2v) is 6.50. The molecule has 0 aliphatic carbocycles. The third-order valence-corrected chi connectivity index (χ3v) is 4.62. The lowest BCUT2D eigenvalue weighted by Gasteiger charge is -2.35. The van der Waals surface area contributed by atoms with Gasteiger partial charge in [0.05, 0.1) is 11.9 Å². The van der Waals surface area contributed by atoms with E-state index < -0.39 is 0 Å². The topological polar surface area (TPSA) is 49.9 Å². The van der Waals surface area contributed by atoms with Crippen LogP contribution in [-0.4, -0.2) is 59.8 Å². The average molecular weight is 322 g/mol. The van der Waals surface area contributed by atoms with Gasteiger partial charge in [0.25, 0.3) is 0 Å². The molecule has 1 aliphatic rings. The number of nitrogens with zero attached hydrogens (tertiary/aromatic N) is 2. The molecule has 5 nitrogen and oxygen atoms in total. The zero-order chi connectivity index (χ0) is 15.9. The summed E-state index contributed by atoms with van der Waals surface area (Å²) in [5.74, 6) is 0.123. The predicted octanol–water partition coefficient (Wildman–Crippen LogP) is 2.47. The highest BCUT2D eigenvalue weighted by atomic mass is 32.2. The fourth-order valence-electron chi connectivity index (χ4n) is 2.33. The second-order valence-electron chi connectivity index (χ2n) is 5.08. The van der Waals surface area contributed by atoms with Gasteiger partial charge in [-0.1, -0.05) is 18.2 Å². The first-order valence-corrected chi connectivity index (χ1v) is 8.42. The van der Waals surface area contributed by atoms with Crippen molar-refractivity contribution >= 4 is 23.8 Å². The first kappa shape index (κ1) is 16.7. The van der Waals surface area contributed by atoms with Gasteiger partial charge in [0.2, 0.25) is 5.91 Å². The summed E-state index contributed by atoms with van der Waals surface area (Å²) in [7, 11) is 0. The molecule has 2 rings (SSSR count). The molecule has 1 saturated heterocycles. The molecule has 0 aromatic heterocycles. The summed E-state index contributed by atoms with van der Waals surface area (Å²) < 4.78 is 4.98. The van der Waals surface area contributed by atoms with Gasteiger partial charge in [-0.3, -0.25) is 4.79 Å². The Labute approximate surface area is 135 Å². The number of amides is 2. The lowest BCUT2D eigenvalue weighted by Crippen LogP contribution is -2.52. The maximum absolute atomic E-state index is 12.5. The van der Waals surface area contributed by atoms with Gasteiger partial charge < -0.3 is 14.5 Å². The highest BCUT2D eigenvalue weighted by molar-refractivity contribution is 8.00. The molecule has 1 aromatic carbocycles. The maximum Gasteiger partial charge on any atom is 0.409 e. The van der Waals surface area contributed by atoms with E-state index in [1.54, 1.807) is 23.6 Å². The van der Waals surface area contributed by atoms with E-state index in [1.807, 2.05) is 42.2 Å². The molecule has 1 heterocycles. The molecule has 0 radical (unpaired) electrons. The molecule has 1 aliphatic heterocycles. The van der Waals surface area contributed by atoms with Crippen LogP contribution in [0.2, 0.25) is 0 Å². The Morgan fingerprint density at radius 1 is 1.14 bits per heavy atom. The van der Waals surface area contributed by atoms with E-state index in [0.717, 1.165) is 4.90 Å². The van der Waals surface area contributed by atoms with Gasteiger partial charge in [0.15, 0.2) is 0 Å². The van der Waals surface area contributed by atoms with Crippen molar-refractivity contribution in [1.29, 1.82) is 0 Å². The van der Waals surface area contributed by atoms with Crippen LogP contribution in [0.3, 0.4) is 0 Å². The van der Waals surface area contributed by atoms with Crippen molar-refractivity contribution in [1.82, 2.24) is 9.80 Å². The number of rotatable bonds is 4. The van der Waals surface area contributed by atoms with Crippen molar-refractivity contribution in [2.24, 2.45) is 0 Å². The Morgan fingerprint density at radius 2 is 1.73 bits per heavy atom. The van der Waals surface area contributed by atoms with E-state index in [-0.39, 0.29) is 17.3 Å². The van der Waals surface area contributed by atoms with E-state index in [1.165, 1.54) is 0 Å². The van der Waals surface area contributed by atoms with Crippen LogP contribution in [0.1, 0.15) is 13.8 Å². The summed E-state index contributed by atoms with van der Waals surface area (Å²) in [6.07, 6.45) is -0.290. The molecule has 0 saturated carbocycles. The molecule has 6 heteroatoms. The van der Waals surface area contributed by atoms with Crippen LogP contribution in [0.5, 0.6) is 0 Å². The molecule has 120 valence electrons. The molecule has 1 aromatic rings. The van der Waals surface area contributed by atoms with Crippen molar-refractivity contribution < 1.29 is 14.3 Å². The number of thioether (sulfide) groups is 1. The van der Waals surface area contributed by atoms with Gasteiger partial charge in [-0.25, -0.2) is 4.79 Å². The van der Waals surface area contributed by atoms with Crippen LogP contribution in [0.15, 0.2) is 35.2 Å². The minimum atomic E-state index is -0.290. The normalized spacial score (nSPS) is 16.3. The molecule has 0 bridgehead atoms. The van der Waals surface area contributed by atoms with Gasteiger partial charge >= 0.3 is 6.09 Å². The summed E-state index contributed by atoms with van der Waals surface area (Å²) in [4.78, 5) is 28.7. The summed E-state index contributed by atoms with van der Waals surface area (Å²) in [5, 5.41) is -0.128. The largest absolute Gasteiger partial charge is 0.450 e. The molecule has 0 spiro atoms. The highest BCUT2D eigenvalue weighted by Crippen LogP contribution is 2.24. The molecule has 2 amide bonds. The molecule has 1 atom stereocenters. The number of hydrogen-bond acceptors (Lipinski definition) is 4. The van der Waals surface area contributed by atoms with Crippen LogP contribution in [0.4, 0.5) is 4.79 Å². The van der Waals surface area contributed by atoms with Crippen LogP contribution in [0, 0.1) is 0 Å². The van der Waals surface area contributed by atoms with Crippen LogP contribution in [-0.2, 0) is 9.53 Å². The first-order chi connectivity index (χ1) is 10.6. The molecular weight excluding hydrogens is 300 g/mol. The first-order valence-electron chi connectivity index (χ1n) is 7.54. The fourth-order valence-corrected chi connectivity index (χ4v) is 3.31. The van der Waals surface area contributed by atoms with Gasteiger partial charge in [0.1, 0.15) is 0 Å². The monoisotopic (exact) mass is 322 g/mol. The Morgan fingerprint density at radius 3 is 2.32 bits per heavy atom. The lowest BCUT2D eigenvalue weighted by molar-refractivity contribution is -0.131. The number of benzene rings is 1. The van der Waals surface area contributed by atoms with Crippen LogP contribution < -0.4 is 0 Å². The smallest absolute Gasteiger partial charge is 0.409 e. The summed E-state index contributed by atoms with van der Waals surface area (Å²) in [6.45, 7) is 6.30. The zero-order valence-corrected chi connectivity index (χ0v) is 13.8. The van der Waals surface area contributed by atoms with E-state index >= 15 is 0 Å². The van der Waals surface area contributed by atoms with E-state index in [0.29, 0.717) is 32.8 Å². The molecule has 22 heavy (non-hydrogen) atoms. The second kappa shape index (κ2) is 8.08. The van der Waals surface area contributed by atoms with E-state index in [9.17, 15) is 9.59 Å². The number of ether oxygens (including phenoxy) is 1. The fraction of sp³-hybridized carbons (Fsp3) is 0.500. The third kappa shape index (κ3) is 4.40. The standard InChI is InChI=1S/C16H22N2O3S/c1-3-21-16(20)18-11-9-17(10-12-18)15(19)13(2)22-14-7-5-4-6-8-14/h4-8,13H,3,9-12H2,1-2H3/t13-/m0/s1. The van der Waals surface area contributed by atoms with Crippen LogP contribution >= 0.6 is 11.8 Å². The summed E-state index contributed by atoms with van der Waals surface area (Å²) >= 11 is 1.56. The molecule has 0 unspecified atom stereocenters. The van der Waals surface area contributed by atoms with Gasteiger partial charge in [-0.15, -0.1) is 11.8 Å². The highest BCUT2D eigenvalue weighted by Gasteiger charge is 2.27. The van der Waals surface area contributed by atoms with E-state index in [2.05, 4.69) is 0 Å². The Balaban J connectivity index is 1.83. The number of piperazine rings is 1. The predicted molar refractivity (Wildman–Crippen MR) is 86.9 cm³/mol. The Bertz CT molecular complexity index is 501. The van der Waals surface area contributed by atoms with Gasteiger partial charge in [-0.05, 0) is 26.0 Å². The minimum Gasteiger partial charge on any atom is -0.450 e. The van der Waals surface area contributed by atoms with E-state index in [4.69, 9.17) is 4.74 Å². The van der Waals surface area contributed by atoms with Crippen molar-refractivity contribution in [2.75, 3.05) is 32.8 Å². The van der Waals surface area contributed by atoms with Gasteiger partial charge in [-0.2, -0.15) is 0 Å². The summed E-state index contributed by atoms with van der Waals surface area (Å²) in [5.41, 5.74) is 0. The molecular formula is C16H22N2O3S.